The highest BCUT2D eigenvalue weighted by Crippen LogP contribution is 2.23. The van der Waals surface area contributed by atoms with E-state index in [-0.39, 0.29) is 17.6 Å². The maximum atomic E-state index is 12.3. The maximum absolute atomic E-state index is 12.3. The van der Waals surface area contributed by atoms with Gasteiger partial charge in [-0.2, -0.15) is 0 Å². The molecule has 1 aromatic heterocycles. The molecule has 6 heteroatoms. The second-order valence-electron chi connectivity index (χ2n) is 5.40. The van der Waals surface area contributed by atoms with Crippen LogP contribution >= 0.6 is 0 Å². The topological polar surface area (TPSA) is 84.6 Å². The van der Waals surface area contributed by atoms with Gasteiger partial charge in [-0.25, -0.2) is 0 Å². The first-order chi connectivity index (χ1) is 9.24. The molecule has 1 amide bonds. The average molecular weight is 284 g/mol. The van der Waals surface area contributed by atoms with Crippen LogP contribution in [-0.4, -0.2) is 34.9 Å². The lowest BCUT2D eigenvalue weighted by Gasteiger charge is -2.30. The van der Waals surface area contributed by atoms with Gasteiger partial charge in [0.05, 0.1) is 23.3 Å². The predicted octanol–water partition coefficient (Wildman–Crippen LogP) is 1.83. The molecule has 0 spiro atoms. The van der Waals surface area contributed by atoms with Crippen molar-refractivity contribution in [2.75, 3.05) is 7.11 Å². The molecule has 0 saturated carbocycles. The van der Waals surface area contributed by atoms with E-state index in [0.29, 0.717) is 17.7 Å². The Morgan fingerprint density at radius 1 is 1.50 bits per heavy atom. The predicted molar refractivity (Wildman–Crippen MR) is 74.5 cm³/mol. The Labute approximate surface area is 119 Å². The largest absolute Gasteiger partial charge is 0.388 e. The van der Waals surface area contributed by atoms with Crippen LogP contribution in [0.5, 0.6) is 0 Å². The van der Waals surface area contributed by atoms with Gasteiger partial charge in [-0.1, -0.05) is 12.1 Å². The molecule has 20 heavy (non-hydrogen) atoms. The molecule has 114 valence electrons. The molecule has 1 heterocycles. The highest BCUT2D eigenvalue weighted by atomic mass is 16.5. The molecule has 1 aromatic rings. The van der Waals surface area contributed by atoms with Crippen molar-refractivity contribution in [2.45, 2.75) is 58.8 Å². The van der Waals surface area contributed by atoms with Gasteiger partial charge < -0.3 is 19.7 Å². The molecule has 0 saturated heterocycles. The number of aliphatic hydroxyl groups is 1. The first kappa shape index (κ1) is 16.7. The minimum atomic E-state index is -0.803. The standard InChI is InChI=1S/C14H24N2O4/c1-7-10-11(8(2)17)12(16-20-10)13(18)15-9(3)14(4,5)19-6/h8-9,17H,7H2,1-6H3,(H,15,18). The fourth-order valence-corrected chi connectivity index (χ4v) is 1.80. The number of carbonyl (C=O) groups excluding carboxylic acids is 1. The summed E-state index contributed by atoms with van der Waals surface area (Å²) in [6.45, 7) is 9.08. The normalized spacial score (nSPS) is 14.9. The highest BCUT2D eigenvalue weighted by Gasteiger charge is 2.30. The van der Waals surface area contributed by atoms with Crippen LogP contribution in [0, 0.1) is 0 Å². The molecule has 0 aliphatic carbocycles. The summed E-state index contributed by atoms with van der Waals surface area (Å²) in [4.78, 5) is 12.3. The van der Waals surface area contributed by atoms with Crippen LogP contribution in [0.15, 0.2) is 4.52 Å². The van der Waals surface area contributed by atoms with Crippen LogP contribution in [0.1, 0.15) is 62.5 Å². The van der Waals surface area contributed by atoms with Gasteiger partial charge in [0.25, 0.3) is 5.91 Å². The number of carbonyl (C=O) groups is 1. The number of rotatable bonds is 6. The third kappa shape index (κ3) is 3.37. The van der Waals surface area contributed by atoms with Crippen molar-refractivity contribution in [3.8, 4) is 0 Å². The quantitative estimate of drug-likeness (QED) is 0.832. The zero-order valence-corrected chi connectivity index (χ0v) is 13.0. The fourth-order valence-electron chi connectivity index (χ4n) is 1.80. The third-order valence-electron chi connectivity index (χ3n) is 3.67. The maximum Gasteiger partial charge on any atom is 0.274 e. The van der Waals surface area contributed by atoms with Crippen LogP contribution in [0.4, 0.5) is 0 Å². The summed E-state index contributed by atoms with van der Waals surface area (Å²) < 4.78 is 10.5. The summed E-state index contributed by atoms with van der Waals surface area (Å²) >= 11 is 0. The smallest absolute Gasteiger partial charge is 0.274 e. The Hall–Kier alpha value is -1.40. The Morgan fingerprint density at radius 3 is 2.55 bits per heavy atom. The van der Waals surface area contributed by atoms with Crippen molar-refractivity contribution < 1.29 is 19.2 Å². The van der Waals surface area contributed by atoms with E-state index < -0.39 is 11.7 Å². The van der Waals surface area contributed by atoms with Gasteiger partial charge in [0.2, 0.25) is 0 Å². The van der Waals surface area contributed by atoms with E-state index in [1.165, 1.54) is 0 Å². The van der Waals surface area contributed by atoms with Crippen molar-refractivity contribution in [3.05, 3.63) is 17.0 Å². The highest BCUT2D eigenvalue weighted by molar-refractivity contribution is 5.94. The van der Waals surface area contributed by atoms with Gasteiger partial charge in [0, 0.05) is 13.5 Å². The van der Waals surface area contributed by atoms with Crippen LogP contribution in [0.2, 0.25) is 0 Å². The van der Waals surface area contributed by atoms with E-state index in [4.69, 9.17) is 9.26 Å². The van der Waals surface area contributed by atoms with Gasteiger partial charge in [0.1, 0.15) is 5.76 Å². The van der Waals surface area contributed by atoms with Gasteiger partial charge in [-0.05, 0) is 27.7 Å². The number of aliphatic hydroxyl groups excluding tert-OH is 1. The van der Waals surface area contributed by atoms with Crippen molar-refractivity contribution in [1.29, 1.82) is 0 Å². The zero-order valence-electron chi connectivity index (χ0n) is 13.0. The summed E-state index contributed by atoms with van der Waals surface area (Å²) in [6, 6.07) is -0.219. The molecule has 0 bridgehead atoms. The molecular weight excluding hydrogens is 260 g/mol. The number of aryl methyl sites for hydroxylation is 1. The Balaban J connectivity index is 2.96. The molecule has 2 unspecified atom stereocenters. The molecular formula is C14H24N2O4. The zero-order chi connectivity index (χ0) is 15.5. The van der Waals surface area contributed by atoms with E-state index in [9.17, 15) is 9.90 Å². The number of amides is 1. The lowest BCUT2D eigenvalue weighted by atomic mass is 9.99. The van der Waals surface area contributed by atoms with Crippen LogP contribution < -0.4 is 5.32 Å². The number of ether oxygens (including phenoxy) is 1. The van der Waals surface area contributed by atoms with E-state index in [0.717, 1.165) is 0 Å². The molecule has 2 N–H and O–H groups in total. The molecule has 0 aliphatic rings. The summed E-state index contributed by atoms with van der Waals surface area (Å²) in [6.07, 6.45) is -0.234. The van der Waals surface area contributed by atoms with E-state index in [1.54, 1.807) is 14.0 Å². The van der Waals surface area contributed by atoms with E-state index in [1.807, 2.05) is 27.7 Å². The molecule has 0 aromatic carbocycles. The van der Waals surface area contributed by atoms with E-state index in [2.05, 4.69) is 10.5 Å². The van der Waals surface area contributed by atoms with Gasteiger partial charge in [-0.3, -0.25) is 4.79 Å². The van der Waals surface area contributed by atoms with Gasteiger partial charge >= 0.3 is 0 Å². The Morgan fingerprint density at radius 2 is 2.10 bits per heavy atom. The van der Waals surface area contributed by atoms with Crippen molar-refractivity contribution in [3.63, 3.8) is 0 Å². The number of nitrogens with one attached hydrogen (secondary N) is 1. The van der Waals surface area contributed by atoms with E-state index >= 15 is 0 Å². The minimum Gasteiger partial charge on any atom is -0.388 e. The van der Waals surface area contributed by atoms with Crippen LogP contribution in [0.25, 0.3) is 0 Å². The van der Waals surface area contributed by atoms with Crippen molar-refractivity contribution in [2.24, 2.45) is 0 Å². The summed E-state index contributed by atoms with van der Waals surface area (Å²) in [5, 5.41) is 16.4. The Kier molecular flexibility index (Phi) is 5.30. The van der Waals surface area contributed by atoms with Gasteiger partial charge in [0.15, 0.2) is 5.69 Å². The molecule has 6 nitrogen and oxygen atoms in total. The summed E-state index contributed by atoms with van der Waals surface area (Å²) in [7, 11) is 1.59. The lowest BCUT2D eigenvalue weighted by Crippen LogP contribution is -2.48. The average Bonchev–Trinajstić information content (AvgIpc) is 2.82. The molecule has 0 radical (unpaired) electrons. The minimum absolute atomic E-state index is 0.135. The third-order valence-corrected chi connectivity index (χ3v) is 3.67. The summed E-state index contributed by atoms with van der Waals surface area (Å²) in [5.41, 5.74) is 0.0841. The SMILES string of the molecule is CCc1onc(C(=O)NC(C)C(C)(C)OC)c1C(C)O. The fraction of sp³-hybridized carbons (Fsp3) is 0.714. The Bertz CT molecular complexity index is 466. The second-order valence-corrected chi connectivity index (χ2v) is 5.40. The van der Waals surface area contributed by atoms with Crippen LogP contribution in [-0.2, 0) is 11.2 Å². The first-order valence-electron chi connectivity index (χ1n) is 6.77. The molecule has 0 fully saturated rings. The number of nitrogens with zero attached hydrogens (tertiary/aromatic N) is 1. The monoisotopic (exact) mass is 284 g/mol. The number of hydrogen-bond acceptors (Lipinski definition) is 5. The van der Waals surface area contributed by atoms with Crippen LogP contribution in [0.3, 0.4) is 0 Å². The van der Waals surface area contributed by atoms with Gasteiger partial charge in [-0.15, -0.1) is 0 Å². The lowest BCUT2D eigenvalue weighted by molar-refractivity contribution is -0.00420. The second kappa shape index (κ2) is 6.37. The van der Waals surface area contributed by atoms with Crippen molar-refractivity contribution in [1.82, 2.24) is 10.5 Å². The molecule has 0 aliphatic heterocycles. The number of aromatic nitrogens is 1. The van der Waals surface area contributed by atoms with Crippen molar-refractivity contribution >= 4 is 5.91 Å². The number of methoxy groups -OCH3 is 1. The summed E-state index contributed by atoms with van der Waals surface area (Å²) in [5.74, 6) is 0.158. The molecule has 1 rings (SSSR count). The first-order valence-corrected chi connectivity index (χ1v) is 6.77. The number of hydrogen-bond donors (Lipinski definition) is 2. The molecule has 2 atom stereocenters.